The van der Waals surface area contributed by atoms with Crippen LogP contribution in [0.3, 0.4) is 0 Å². The molecular formula is C11H16N2OS. The minimum Gasteiger partial charge on any atom is -0.378 e. The van der Waals surface area contributed by atoms with Gasteiger partial charge in [0.15, 0.2) is 0 Å². The van der Waals surface area contributed by atoms with Crippen molar-refractivity contribution < 1.29 is 4.74 Å². The SMILES string of the molecule is c1sc(CC2CC2)nc1C1COCCN1. The summed E-state index contributed by atoms with van der Waals surface area (Å²) in [5.41, 5.74) is 1.18. The van der Waals surface area contributed by atoms with Gasteiger partial charge in [-0.2, -0.15) is 0 Å². The molecule has 4 heteroatoms. The van der Waals surface area contributed by atoms with E-state index in [0.29, 0.717) is 6.04 Å². The molecule has 1 N–H and O–H groups in total. The average molecular weight is 224 g/mol. The number of nitrogens with one attached hydrogen (secondary N) is 1. The number of aromatic nitrogens is 1. The van der Waals surface area contributed by atoms with E-state index in [2.05, 4.69) is 10.7 Å². The molecule has 0 spiro atoms. The first kappa shape index (κ1) is 9.75. The van der Waals surface area contributed by atoms with Gasteiger partial charge in [-0.3, -0.25) is 0 Å². The van der Waals surface area contributed by atoms with Crippen LogP contribution in [0.2, 0.25) is 0 Å². The summed E-state index contributed by atoms with van der Waals surface area (Å²) in [5.74, 6) is 0.930. The Labute approximate surface area is 93.9 Å². The van der Waals surface area contributed by atoms with E-state index in [1.807, 2.05) is 0 Å². The first-order valence-corrected chi connectivity index (χ1v) is 6.55. The molecule has 1 aromatic heterocycles. The van der Waals surface area contributed by atoms with Crippen molar-refractivity contribution in [3.63, 3.8) is 0 Å². The van der Waals surface area contributed by atoms with Crippen LogP contribution in [-0.4, -0.2) is 24.7 Å². The molecule has 1 saturated heterocycles. The third-order valence-corrected chi connectivity index (χ3v) is 3.90. The number of thiazole rings is 1. The van der Waals surface area contributed by atoms with Gasteiger partial charge in [0.25, 0.3) is 0 Å². The molecule has 1 atom stereocenters. The van der Waals surface area contributed by atoms with Gasteiger partial charge in [0, 0.05) is 18.3 Å². The zero-order valence-corrected chi connectivity index (χ0v) is 9.55. The molecule has 0 bridgehead atoms. The lowest BCUT2D eigenvalue weighted by atomic mass is 10.2. The van der Waals surface area contributed by atoms with E-state index in [-0.39, 0.29) is 0 Å². The molecule has 1 saturated carbocycles. The maximum absolute atomic E-state index is 5.44. The molecule has 2 heterocycles. The molecule has 3 rings (SSSR count). The maximum atomic E-state index is 5.44. The molecule has 1 aromatic rings. The summed E-state index contributed by atoms with van der Waals surface area (Å²) in [6.07, 6.45) is 4.00. The summed E-state index contributed by atoms with van der Waals surface area (Å²) in [6, 6.07) is 0.322. The largest absolute Gasteiger partial charge is 0.378 e. The molecule has 1 unspecified atom stereocenters. The molecule has 3 nitrogen and oxygen atoms in total. The number of ether oxygens (including phenoxy) is 1. The minimum absolute atomic E-state index is 0.322. The predicted octanol–water partition coefficient (Wildman–Crippen LogP) is 1.76. The second kappa shape index (κ2) is 4.20. The monoisotopic (exact) mass is 224 g/mol. The number of hydrogen-bond acceptors (Lipinski definition) is 4. The molecule has 15 heavy (non-hydrogen) atoms. The normalized spacial score (nSPS) is 26.8. The minimum atomic E-state index is 0.322. The topological polar surface area (TPSA) is 34.1 Å². The number of hydrogen-bond donors (Lipinski definition) is 1. The smallest absolute Gasteiger partial charge is 0.0931 e. The van der Waals surface area contributed by atoms with E-state index in [1.54, 1.807) is 11.3 Å². The lowest BCUT2D eigenvalue weighted by molar-refractivity contribution is 0.0757. The van der Waals surface area contributed by atoms with E-state index in [1.165, 1.54) is 30.0 Å². The Balaban J connectivity index is 1.65. The molecule has 0 radical (unpaired) electrons. The maximum Gasteiger partial charge on any atom is 0.0931 e. The Morgan fingerprint density at radius 1 is 1.53 bits per heavy atom. The summed E-state index contributed by atoms with van der Waals surface area (Å²) in [5, 5.41) is 6.93. The third kappa shape index (κ3) is 2.38. The molecule has 0 amide bonds. The predicted molar refractivity (Wildman–Crippen MR) is 60.1 cm³/mol. The van der Waals surface area contributed by atoms with E-state index < -0.39 is 0 Å². The van der Waals surface area contributed by atoms with Crippen LogP contribution in [0.1, 0.15) is 29.6 Å². The highest BCUT2D eigenvalue weighted by Gasteiger charge is 2.24. The van der Waals surface area contributed by atoms with Crippen molar-refractivity contribution in [2.45, 2.75) is 25.3 Å². The van der Waals surface area contributed by atoms with Gasteiger partial charge in [0.05, 0.1) is 30.0 Å². The Kier molecular flexibility index (Phi) is 2.73. The van der Waals surface area contributed by atoms with Crippen molar-refractivity contribution in [2.24, 2.45) is 5.92 Å². The van der Waals surface area contributed by atoms with Crippen molar-refractivity contribution in [2.75, 3.05) is 19.8 Å². The van der Waals surface area contributed by atoms with Crippen LogP contribution in [0.4, 0.5) is 0 Å². The summed E-state index contributed by atoms with van der Waals surface area (Å²) in [6.45, 7) is 2.54. The fourth-order valence-corrected chi connectivity index (χ4v) is 2.87. The highest BCUT2D eigenvalue weighted by molar-refractivity contribution is 7.09. The number of morpholine rings is 1. The lowest BCUT2D eigenvalue weighted by Gasteiger charge is -2.22. The van der Waals surface area contributed by atoms with E-state index in [0.717, 1.165) is 25.7 Å². The molecule has 2 fully saturated rings. The van der Waals surface area contributed by atoms with Gasteiger partial charge in [-0.1, -0.05) is 0 Å². The van der Waals surface area contributed by atoms with Gasteiger partial charge >= 0.3 is 0 Å². The van der Waals surface area contributed by atoms with Gasteiger partial charge in [-0.25, -0.2) is 4.98 Å². The van der Waals surface area contributed by atoms with Crippen molar-refractivity contribution >= 4 is 11.3 Å². The molecule has 82 valence electrons. The van der Waals surface area contributed by atoms with Crippen LogP contribution in [0.15, 0.2) is 5.38 Å². The van der Waals surface area contributed by atoms with Gasteiger partial charge in [-0.05, 0) is 18.8 Å². The summed E-state index contributed by atoms with van der Waals surface area (Å²) in [7, 11) is 0. The van der Waals surface area contributed by atoms with Crippen LogP contribution in [0, 0.1) is 5.92 Å². The summed E-state index contributed by atoms with van der Waals surface area (Å²) < 4.78 is 5.44. The van der Waals surface area contributed by atoms with E-state index >= 15 is 0 Å². The lowest BCUT2D eigenvalue weighted by Crippen LogP contribution is -2.34. The Hall–Kier alpha value is -0.450. The Morgan fingerprint density at radius 3 is 3.20 bits per heavy atom. The molecule has 0 aromatic carbocycles. The average Bonchev–Trinajstić information content (AvgIpc) is 2.96. The highest BCUT2D eigenvalue weighted by Crippen LogP contribution is 2.33. The molecular weight excluding hydrogens is 208 g/mol. The van der Waals surface area contributed by atoms with E-state index in [9.17, 15) is 0 Å². The number of nitrogens with zero attached hydrogens (tertiary/aromatic N) is 1. The fourth-order valence-electron chi connectivity index (χ4n) is 1.90. The van der Waals surface area contributed by atoms with Crippen LogP contribution in [0.5, 0.6) is 0 Å². The first-order chi connectivity index (χ1) is 7.42. The number of rotatable bonds is 3. The zero-order chi connectivity index (χ0) is 10.1. The zero-order valence-electron chi connectivity index (χ0n) is 8.74. The molecule has 1 aliphatic carbocycles. The van der Waals surface area contributed by atoms with Crippen molar-refractivity contribution in [1.82, 2.24) is 10.3 Å². The van der Waals surface area contributed by atoms with Crippen molar-refractivity contribution in [1.29, 1.82) is 0 Å². The van der Waals surface area contributed by atoms with Gasteiger partial charge in [0.2, 0.25) is 0 Å². The van der Waals surface area contributed by atoms with Crippen LogP contribution in [-0.2, 0) is 11.2 Å². The fraction of sp³-hybridized carbons (Fsp3) is 0.727. The van der Waals surface area contributed by atoms with Crippen molar-refractivity contribution in [3.05, 3.63) is 16.1 Å². The molecule has 1 aliphatic heterocycles. The first-order valence-electron chi connectivity index (χ1n) is 5.67. The molecule has 2 aliphatic rings. The van der Waals surface area contributed by atoms with Gasteiger partial charge in [-0.15, -0.1) is 11.3 Å². The third-order valence-electron chi connectivity index (χ3n) is 3.01. The Morgan fingerprint density at radius 2 is 2.47 bits per heavy atom. The van der Waals surface area contributed by atoms with Gasteiger partial charge in [0.1, 0.15) is 0 Å². The van der Waals surface area contributed by atoms with E-state index in [4.69, 9.17) is 9.72 Å². The summed E-state index contributed by atoms with van der Waals surface area (Å²) >= 11 is 1.80. The van der Waals surface area contributed by atoms with Crippen LogP contribution in [0.25, 0.3) is 0 Å². The Bertz CT molecular complexity index is 329. The second-order valence-electron chi connectivity index (χ2n) is 4.40. The second-order valence-corrected chi connectivity index (χ2v) is 5.34. The van der Waals surface area contributed by atoms with Crippen molar-refractivity contribution in [3.8, 4) is 0 Å². The van der Waals surface area contributed by atoms with Gasteiger partial charge < -0.3 is 10.1 Å². The van der Waals surface area contributed by atoms with Crippen LogP contribution >= 0.6 is 11.3 Å². The summed E-state index contributed by atoms with van der Waals surface area (Å²) in [4.78, 5) is 4.69. The standard InChI is InChI=1S/C11H16N2OS/c1-2-8(1)5-11-13-10(7-15-11)9-6-14-4-3-12-9/h7-9,12H,1-6H2. The quantitative estimate of drug-likeness (QED) is 0.849. The van der Waals surface area contributed by atoms with Crippen LogP contribution < -0.4 is 5.32 Å². The highest BCUT2D eigenvalue weighted by atomic mass is 32.1.